The summed E-state index contributed by atoms with van der Waals surface area (Å²) in [6.07, 6.45) is 4.70. The summed E-state index contributed by atoms with van der Waals surface area (Å²) < 4.78 is 23.1. The normalized spacial score (nSPS) is 28.1. The molecule has 28 heavy (non-hydrogen) atoms. The van der Waals surface area contributed by atoms with Crippen molar-refractivity contribution in [2.75, 3.05) is 13.2 Å². The number of ether oxygens (including phenoxy) is 3. The van der Waals surface area contributed by atoms with Crippen molar-refractivity contribution in [3.8, 4) is 0 Å². The Morgan fingerprint density at radius 3 is 2.21 bits per heavy atom. The third-order valence-electron chi connectivity index (χ3n) is 4.94. The highest BCUT2D eigenvalue weighted by Crippen LogP contribution is 2.22. The standard InChI is InChI=1S/C21H40O7/c1-3-5-6-7-8-9-10-11-12-13-17(22)27-15-16-18(23)19(24)20(25)21(28-16)26-14-4-2/h16,18-21,23-25H,3-15H2,1-2H3/t16-,18-,19+,20-,21?/m1/s1/i1D. The van der Waals surface area contributed by atoms with Crippen LogP contribution in [0.3, 0.4) is 0 Å². The minimum atomic E-state index is -1.42. The van der Waals surface area contributed by atoms with Gasteiger partial charge in [-0.25, -0.2) is 0 Å². The van der Waals surface area contributed by atoms with Gasteiger partial charge in [-0.1, -0.05) is 65.2 Å². The van der Waals surface area contributed by atoms with E-state index in [1.165, 1.54) is 19.3 Å². The van der Waals surface area contributed by atoms with Gasteiger partial charge in [0.05, 0.1) is 0 Å². The van der Waals surface area contributed by atoms with Crippen LogP contribution >= 0.6 is 0 Å². The number of hydrogen-bond donors (Lipinski definition) is 3. The number of carbonyl (C=O) groups is 1. The van der Waals surface area contributed by atoms with Crippen LogP contribution in [0.1, 0.15) is 85.8 Å². The molecule has 0 saturated carbocycles. The Bertz CT molecular complexity index is 424. The monoisotopic (exact) mass is 405 g/mol. The number of unbranched alkanes of at least 4 members (excludes halogenated alkanes) is 8. The molecule has 0 bridgehead atoms. The molecular weight excluding hydrogens is 364 g/mol. The molecule has 0 spiro atoms. The third-order valence-corrected chi connectivity index (χ3v) is 4.94. The van der Waals surface area contributed by atoms with E-state index in [1.54, 1.807) is 0 Å². The van der Waals surface area contributed by atoms with Gasteiger partial charge in [-0.3, -0.25) is 4.79 Å². The first kappa shape index (κ1) is 23.5. The van der Waals surface area contributed by atoms with Gasteiger partial charge >= 0.3 is 5.97 Å². The van der Waals surface area contributed by atoms with E-state index in [1.807, 2.05) is 6.92 Å². The van der Waals surface area contributed by atoms with Gasteiger partial charge in [-0.2, -0.15) is 0 Å². The summed E-state index contributed by atoms with van der Waals surface area (Å²) in [6.45, 7) is 2.59. The Labute approximate surface area is 170 Å². The zero-order valence-corrected chi connectivity index (χ0v) is 17.3. The second kappa shape index (κ2) is 15.2. The van der Waals surface area contributed by atoms with E-state index in [2.05, 4.69) is 0 Å². The Morgan fingerprint density at radius 2 is 1.57 bits per heavy atom. The molecule has 3 N–H and O–H groups in total. The molecule has 1 aliphatic rings. The molecule has 0 amide bonds. The highest BCUT2D eigenvalue weighted by atomic mass is 16.7. The number of hydrogen-bond acceptors (Lipinski definition) is 7. The smallest absolute Gasteiger partial charge is 0.305 e. The molecule has 1 fully saturated rings. The van der Waals surface area contributed by atoms with Gasteiger partial charge in [-0.15, -0.1) is 0 Å². The molecule has 0 aromatic heterocycles. The minimum Gasteiger partial charge on any atom is -0.463 e. The molecule has 1 heterocycles. The van der Waals surface area contributed by atoms with Gasteiger partial charge in [0.15, 0.2) is 6.29 Å². The molecule has 1 rings (SSSR count). The second-order valence-electron chi connectivity index (χ2n) is 7.50. The molecule has 0 aromatic rings. The second-order valence-corrected chi connectivity index (χ2v) is 7.50. The average molecular weight is 406 g/mol. The zero-order chi connectivity index (χ0) is 21.5. The summed E-state index contributed by atoms with van der Waals surface area (Å²) in [4.78, 5) is 11.9. The predicted octanol–water partition coefficient (Wildman–Crippen LogP) is 2.68. The zero-order valence-electron chi connectivity index (χ0n) is 18.3. The van der Waals surface area contributed by atoms with Crippen molar-refractivity contribution in [1.29, 1.82) is 0 Å². The van der Waals surface area contributed by atoms with Crippen LogP contribution in [0.4, 0.5) is 0 Å². The molecule has 7 nitrogen and oxygen atoms in total. The number of carbonyl (C=O) groups excluding carboxylic acids is 1. The Kier molecular flexibility index (Phi) is 12.7. The summed E-state index contributed by atoms with van der Waals surface area (Å²) >= 11 is 0. The fourth-order valence-corrected chi connectivity index (χ4v) is 3.18. The fraction of sp³-hybridized carbons (Fsp3) is 0.952. The van der Waals surface area contributed by atoms with E-state index in [4.69, 9.17) is 15.6 Å². The Balaban J connectivity index is 2.13. The summed E-state index contributed by atoms with van der Waals surface area (Å²) in [6, 6.07) is 0. The minimum absolute atomic E-state index is 0.186. The molecule has 166 valence electrons. The van der Waals surface area contributed by atoms with Crippen molar-refractivity contribution < 1.29 is 35.7 Å². The Morgan fingerprint density at radius 1 is 0.929 bits per heavy atom. The summed E-state index contributed by atoms with van der Waals surface area (Å²) in [7, 11) is 0. The lowest BCUT2D eigenvalue weighted by atomic mass is 9.99. The SMILES string of the molecule is [2H]CCCCCCCCCCCC(=O)OC[C@H]1OC(OCCC)[C@H](O)[C@@H](O)[C@@H]1O. The lowest BCUT2D eigenvalue weighted by Crippen LogP contribution is -2.59. The molecule has 1 unspecified atom stereocenters. The first-order chi connectivity index (χ1) is 14.0. The Hall–Kier alpha value is -0.730. The molecule has 0 aliphatic carbocycles. The van der Waals surface area contributed by atoms with E-state index >= 15 is 0 Å². The van der Waals surface area contributed by atoms with Crippen LogP contribution < -0.4 is 0 Å². The molecule has 1 aliphatic heterocycles. The van der Waals surface area contributed by atoms with Crippen LogP contribution in [0.15, 0.2) is 0 Å². The maximum absolute atomic E-state index is 11.9. The predicted molar refractivity (Wildman–Crippen MR) is 106 cm³/mol. The number of rotatable bonds is 15. The molecule has 0 aromatic carbocycles. The van der Waals surface area contributed by atoms with Crippen LogP contribution in [0.25, 0.3) is 0 Å². The summed E-state index contributed by atoms with van der Waals surface area (Å²) in [5, 5.41) is 29.9. The van der Waals surface area contributed by atoms with Gasteiger partial charge < -0.3 is 29.5 Å². The summed E-state index contributed by atoms with van der Waals surface area (Å²) in [5.74, 6) is -0.358. The van der Waals surface area contributed by atoms with Crippen molar-refractivity contribution >= 4 is 5.97 Å². The first-order valence-corrected chi connectivity index (χ1v) is 10.8. The van der Waals surface area contributed by atoms with Gasteiger partial charge in [0, 0.05) is 14.4 Å². The van der Waals surface area contributed by atoms with Crippen LogP contribution in [0.2, 0.25) is 0 Å². The highest BCUT2D eigenvalue weighted by molar-refractivity contribution is 5.69. The molecule has 1 saturated heterocycles. The lowest BCUT2D eigenvalue weighted by molar-refractivity contribution is -0.301. The van der Waals surface area contributed by atoms with Gasteiger partial charge in [0.2, 0.25) is 0 Å². The van der Waals surface area contributed by atoms with Crippen molar-refractivity contribution in [3.05, 3.63) is 0 Å². The highest BCUT2D eigenvalue weighted by Gasteiger charge is 2.44. The lowest BCUT2D eigenvalue weighted by Gasteiger charge is -2.39. The summed E-state index contributed by atoms with van der Waals surface area (Å²) in [5.41, 5.74) is 0. The van der Waals surface area contributed by atoms with E-state index < -0.39 is 30.7 Å². The van der Waals surface area contributed by atoms with Crippen molar-refractivity contribution in [2.24, 2.45) is 0 Å². The maximum atomic E-state index is 11.9. The van der Waals surface area contributed by atoms with Crippen LogP contribution in [-0.2, 0) is 19.0 Å². The van der Waals surface area contributed by atoms with Crippen molar-refractivity contribution in [2.45, 2.75) is 115 Å². The van der Waals surface area contributed by atoms with E-state index in [0.29, 0.717) is 19.9 Å². The largest absolute Gasteiger partial charge is 0.463 e. The maximum Gasteiger partial charge on any atom is 0.305 e. The van der Waals surface area contributed by atoms with Crippen molar-refractivity contribution in [3.63, 3.8) is 0 Å². The van der Waals surface area contributed by atoms with Crippen LogP contribution in [0.5, 0.6) is 0 Å². The van der Waals surface area contributed by atoms with Gasteiger partial charge in [0.1, 0.15) is 31.0 Å². The quantitative estimate of drug-likeness (QED) is 0.284. The number of aliphatic hydroxyl groups is 3. The van der Waals surface area contributed by atoms with E-state index in [-0.39, 0.29) is 12.6 Å². The van der Waals surface area contributed by atoms with Crippen LogP contribution in [-0.4, -0.2) is 65.2 Å². The average Bonchev–Trinajstić information content (AvgIpc) is 2.72. The van der Waals surface area contributed by atoms with E-state index in [0.717, 1.165) is 44.9 Å². The number of esters is 1. The molecule has 0 radical (unpaired) electrons. The third kappa shape index (κ3) is 9.65. The molecule has 5 atom stereocenters. The van der Waals surface area contributed by atoms with Gasteiger partial charge in [0.25, 0.3) is 0 Å². The topological polar surface area (TPSA) is 105 Å². The van der Waals surface area contributed by atoms with E-state index in [9.17, 15) is 20.1 Å². The molecule has 7 heteroatoms. The van der Waals surface area contributed by atoms with Crippen molar-refractivity contribution in [1.82, 2.24) is 0 Å². The fourth-order valence-electron chi connectivity index (χ4n) is 3.18. The molecular formula is C21H40O7. The number of aliphatic hydroxyl groups excluding tert-OH is 3. The first-order valence-electron chi connectivity index (χ1n) is 11.5. The van der Waals surface area contributed by atoms with Gasteiger partial charge in [-0.05, 0) is 12.8 Å². The van der Waals surface area contributed by atoms with Crippen LogP contribution in [0, 0.1) is 0 Å².